The zero-order valence-electron chi connectivity index (χ0n) is 16.4. The van der Waals surface area contributed by atoms with Crippen molar-refractivity contribution in [1.82, 2.24) is 20.2 Å². The van der Waals surface area contributed by atoms with Crippen LogP contribution < -0.4 is 10.2 Å². The topological polar surface area (TPSA) is 64.3 Å². The van der Waals surface area contributed by atoms with Crippen LogP contribution in [-0.2, 0) is 6.54 Å². The van der Waals surface area contributed by atoms with Crippen LogP contribution in [0, 0.1) is 5.92 Å². The van der Waals surface area contributed by atoms with Gasteiger partial charge in [-0.1, -0.05) is 37.3 Å². The molecule has 3 aromatic rings. The average Bonchev–Trinajstić information content (AvgIpc) is 3.21. The average molecular weight is 377 g/mol. The van der Waals surface area contributed by atoms with Crippen LogP contribution in [0.2, 0.25) is 0 Å². The highest BCUT2D eigenvalue weighted by atomic mass is 16.2. The first-order valence-electron chi connectivity index (χ1n) is 9.85. The maximum atomic E-state index is 12.7. The standard InChI is InChI=1S/C22H27N5O/c1-16-10-13-27(22(28)25-14-17-6-4-3-5-7-17)15-20(16)26(2)19-9-12-24-21-18(19)8-11-23-21/h3-9,11-12,16,20H,10,13-15H2,1-2H3,(H,23,24)(H,25,28). The molecule has 1 aromatic carbocycles. The number of carbonyl (C=O) groups excluding carboxylic acids is 1. The van der Waals surface area contributed by atoms with Crippen LogP contribution in [0.1, 0.15) is 18.9 Å². The van der Waals surface area contributed by atoms with E-state index in [0.717, 1.165) is 35.2 Å². The van der Waals surface area contributed by atoms with E-state index in [-0.39, 0.29) is 12.1 Å². The summed E-state index contributed by atoms with van der Waals surface area (Å²) in [4.78, 5) is 24.5. The van der Waals surface area contributed by atoms with Gasteiger partial charge in [0.25, 0.3) is 0 Å². The van der Waals surface area contributed by atoms with Crippen LogP contribution in [0.4, 0.5) is 10.5 Å². The van der Waals surface area contributed by atoms with Crippen LogP contribution in [-0.4, -0.2) is 47.1 Å². The molecule has 1 fully saturated rings. The number of hydrogen-bond acceptors (Lipinski definition) is 3. The Bertz CT molecular complexity index is 938. The molecular formula is C22H27N5O. The molecule has 1 saturated heterocycles. The SMILES string of the molecule is CC1CCN(C(=O)NCc2ccccc2)CC1N(C)c1ccnc2[nH]ccc12. The van der Waals surface area contributed by atoms with E-state index in [1.54, 1.807) is 0 Å². The number of benzene rings is 1. The van der Waals surface area contributed by atoms with Gasteiger partial charge in [-0.25, -0.2) is 9.78 Å². The highest BCUT2D eigenvalue weighted by molar-refractivity contribution is 5.89. The molecule has 0 spiro atoms. The van der Waals surface area contributed by atoms with Gasteiger partial charge in [0.2, 0.25) is 0 Å². The predicted octanol–water partition coefficient (Wildman–Crippen LogP) is 3.62. The second-order valence-corrected chi connectivity index (χ2v) is 7.60. The summed E-state index contributed by atoms with van der Waals surface area (Å²) in [6.45, 7) is 4.34. The van der Waals surface area contributed by atoms with Crippen LogP contribution >= 0.6 is 0 Å². The van der Waals surface area contributed by atoms with Gasteiger partial charge in [-0.2, -0.15) is 0 Å². The summed E-state index contributed by atoms with van der Waals surface area (Å²) in [5.74, 6) is 0.505. The minimum atomic E-state index is 0.00988. The van der Waals surface area contributed by atoms with Crippen molar-refractivity contribution in [3.63, 3.8) is 0 Å². The number of nitrogens with zero attached hydrogens (tertiary/aromatic N) is 3. The number of carbonyl (C=O) groups is 1. The first-order chi connectivity index (χ1) is 13.6. The molecule has 2 atom stereocenters. The molecular weight excluding hydrogens is 350 g/mol. The minimum absolute atomic E-state index is 0.00988. The number of nitrogens with one attached hydrogen (secondary N) is 2. The summed E-state index contributed by atoms with van der Waals surface area (Å²) >= 11 is 0. The van der Waals surface area contributed by atoms with Crippen LogP contribution in [0.25, 0.3) is 11.0 Å². The molecule has 2 aromatic heterocycles. The summed E-state index contributed by atoms with van der Waals surface area (Å²) in [5, 5.41) is 4.18. The number of aromatic nitrogens is 2. The molecule has 2 amide bonds. The van der Waals surface area contributed by atoms with E-state index in [0.29, 0.717) is 19.0 Å². The summed E-state index contributed by atoms with van der Waals surface area (Å²) in [6, 6.07) is 14.4. The lowest BCUT2D eigenvalue weighted by Gasteiger charge is -2.42. The summed E-state index contributed by atoms with van der Waals surface area (Å²) in [5.41, 5.74) is 3.15. The zero-order valence-corrected chi connectivity index (χ0v) is 16.4. The fourth-order valence-corrected chi connectivity index (χ4v) is 4.06. The van der Waals surface area contributed by atoms with Gasteiger partial charge in [0, 0.05) is 56.2 Å². The molecule has 0 bridgehead atoms. The van der Waals surface area contributed by atoms with Gasteiger partial charge in [0.05, 0.1) is 0 Å². The maximum Gasteiger partial charge on any atom is 0.317 e. The van der Waals surface area contributed by atoms with Crippen molar-refractivity contribution in [2.75, 3.05) is 25.0 Å². The molecule has 6 heteroatoms. The van der Waals surface area contributed by atoms with Gasteiger partial charge in [-0.05, 0) is 30.0 Å². The van der Waals surface area contributed by atoms with Gasteiger partial charge >= 0.3 is 6.03 Å². The Morgan fingerprint density at radius 3 is 2.93 bits per heavy atom. The number of hydrogen-bond donors (Lipinski definition) is 2. The number of aromatic amines is 1. The van der Waals surface area contributed by atoms with Crippen molar-refractivity contribution < 1.29 is 4.79 Å². The quantitative estimate of drug-likeness (QED) is 0.730. The van der Waals surface area contributed by atoms with E-state index >= 15 is 0 Å². The zero-order chi connectivity index (χ0) is 19.5. The molecule has 1 aliphatic rings. The molecule has 2 N–H and O–H groups in total. The Kier molecular flexibility index (Phi) is 5.19. The number of pyridine rings is 1. The van der Waals surface area contributed by atoms with Crippen molar-refractivity contribution >= 4 is 22.8 Å². The molecule has 28 heavy (non-hydrogen) atoms. The van der Waals surface area contributed by atoms with Gasteiger partial charge in [0.15, 0.2) is 0 Å². The smallest absolute Gasteiger partial charge is 0.317 e. The Balaban J connectivity index is 1.45. The second kappa shape index (κ2) is 7.92. The van der Waals surface area contributed by atoms with E-state index in [9.17, 15) is 4.79 Å². The number of H-pyrrole nitrogens is 1. The molecule has 2 unspecified atom stereocenters. The highest BCUT2D eigenvalue weighted by Gasteiger charge is 2.32. The molecule has 146 valence electrons. The van der Waals surface area contributed by atoms with Crippen LogP contribution in [0.15, 0.2) is 54.9 Å². The summed E-state index contributed by atoms with van der Waals surface area (Å²) in [7, 11) is 2.12. The number of amides is 2. The number of urea groups is 1. The number of likely N-dealkylation sites (tertiary alicyclic amines) is 1. The van der Waals surface area contributed by atoms with Gasteiger partial charge in [-0.15, -0.1) is 0 Å². The molecule has 6 nitrogen and oxygen atoms in total. The van der Waals surface area contributed by atoms with Crippen molar-refractivity contribution in [2.24, 2.45) is 5.92 Å². The lowest BCUT2D eigenvalue weighted by molar-refractivity contribution is 0.161. The third kappa shape index (κ3) is 3.67. The summed E-state index contributed by atoms with van der Waals surface area (Å²) < 4.78 is 0. The Labute approximate surface area is 165 Å². The van der Waals surface area contributed by atoms with E-state index in [1.807, 2.05) is 47.6 Å². The lowest BCUT2D eigenvalue weighted by Crippen LogP contribution is -2.54. The second-order valence-electron chi connectivity index (χ2n) is 7.60. The van der Waals surface area contributed by atoms with Crippen molar-refractivity contribution in [3.05, 3.63) is 60.4 Å². The van der Waals surface area contributed by atoms with Crippen LogP contribution in [0.5, 0.6) is 0 Å². The monoisotopic (exact) mass is 377 g/mol. The van der Waals surface area contributed by atoms with E-state index < -0.39 is 0 Å². The predicted molar refractivity (Wildman–Crippen MR) is 112 cm³/mol. The first-order valence-corrected chi connectivity index (χ1v) is 9.85. The largest absolute Gasteiger partial charge is 0.369 e. The fraction of sp³-hybridized carbons (Fsp3) is 0.364. The fourth-order valence-electron chi connectivity index (χ4n) is 4.06. The Hall–Kier alpha value is -3.02. The Morgan fingerprint density at radius 1 is 1.29 bits per heavy atom. The number of anilines is 1. The Morgan fingerprint density at radius 2 is 2.11 bits per heavy atom. The third-order valence-electron chi connectivity index (χ3n) is 5.81. The lowest BCUT2D eigenvalue weighted by atomic mass is 9.92. The van der Waals surface area contributed by atoms with Crippen molar-refractivity contribution in [2.45, 2.75) is 25.9 Å². The number of likely N-dealkylation sites (N-methyl/N-ethyl adjacent to an activating group) is 1. The number of rotatable bonds is 4. The van der Waals surface area contributed by atoms with E-state index in [4.69, 9.17) is 0 Å². The maximum absolute atomic E-state index is 12.7. The van der Waals surface area contributed by atoms with Crippen molar-refractivity contribution in [3.8, 4) is 0 Å². The highest BCUT2D eigenvalue weighted by Crippen LogP contribution is 2.30. The molecule has 4 rings (SSSR count). The molecule has 0 saturated carbocycles. The van der Waals surface area contributed by atoms with Crippen LogP contribution in [0.3, 0.4) is 0 Å². The molecule has 1 aliphatic heterocycles. The molecule has 3 heterocycles. The molecule has 0 radical (unpaired) electrons. The third-order valence-corrected chi connectivity index (χ3v) is 5.81. The van der Waals surface area contributed by atoms with E-state index in [1.165, 1.54) is 0 Å². The van der Waals surface area contributed by atoms with Crippen molar-refractivity contribution in [1.29, 1.82) is 0 Å². The van der Waals surface area contributed by atoms with Gasteiger partial charge < -0.3 is 20.1 Å². The normalized spacial score (nSPS) is 19.6. The van der Waals surface area contributed by atoms with E-state index in [2.05, 4.69) is 46.3 Å². The van der Waals surface area contributed by atoms with Gasteiger partial charge in [0.1, 0.15) is 5.65 Å². The molecule has 0 aliphatic carbocycles. The first kappa shape index (κ1) is 18.3. The minimum Gasteiger partial charge on any atom is -0.369 e. The number of fused-ring (bicyclic) bond motifs is 1. The van der Waals surface area contributed by atoms with Gasteiger partial charge in [-0.3, -0.25) is 0 Å². The summed E-state index contributed by atoms with van der Waals surface area (Å²) in [6.07, 6.45) is 4.75. The number of piperidine rings is 1.